The van der Waals surface area contributed by atoms with Crippen molar-refractivity contribution in [3.05, 3.63) is 57.6 Å². The van der Waals surface area contributed by atoms with Crippen LogP contribution in [0.1, 0.15) is 15.9 Å². The molecule has 0 unspecified atom stereocenters. The molecule has 0 aromatic heterocycles. The van der Waals surface area contributed by atoms with E-state index in [9.17, 15) is 14.9 Å². The maximum atomic E-state index is 12.8. The molecule has 0 saturated carbocycles. The molecule has 0 aliphatic carbocycles. The van der Waals surface area contributed by atoms with Crippen LogP contribution in [0.4, 0.5) is 11.4 Å². The fourth-order valence-corrected chi connectivity index (χ4v) is 3.32. The number of hydrogen-bond acceptors (Lipinski definition) is 6. The fraction of sp³-hybridized carbons (Fsp3) is 0.350. The zero-order valence-corrected chi connectivity index (χ0v) is 16.2. The van der Waals surface area contributed by atoms with E-state index in [0.29, 0.717) is 37.5 Å². The Bertz CT molecular complexity index is 891. The van der Waals surface area contributed by atoms with Crippen molar-refractivity contribution < 1.29 is 19.2 Å². The van der Waals surface area contributed by atoms with Gasteiger partial charge < -0.3 is 19.3 Å². The predicted molar refractivity (Wildman–Crippen MR) is 105 cm³/mol. The Morgan fingerprint density at radius 1 is 1.00 bits per heavy atom. The molecule has 1 aliphatic heterocycles. The van der Waals surface area contributed by atoms with Crippen LogP contribution < -0.4 is 14.4 Å². The summed E-state index contributed by atoms with van der Waals surface area (Å²) in [4.78, 5) is 27.3. The SMILES string of the molecule is COc1cc(C(=O)N2CCN(c3ccc([N+](=O)[O-])c(OC)c3)CC2)ccc1C. The number of nitro benzene ring substituents is 1. The lowest BCUT2D eigenvalue weighted by molar-refractivity contribution is -0.385. The largest absolute Gasteiger partial charge is 0.496 e. The van der Waals surface area contributed by atoms with Crippen molar-refractivity contribution >= 4 is 17.3 Å². The van der Waals surface area contributed by atoms with E-state index >= 15 is 0 Å². The number of carbonyl (C=O) groups excluding carboxylic acids is 1. The predicted octanol–water partition coefficient (Wildman–Crippen LogP) is 2.88. The second kappa shape index (κ2) is 8.16. The number of hydrogen-bond donors (Lipinski definition) is 0. The highest BCUT2D eigenvalue weighted by molar-refractivity contribution is 5.95. The van der Waals surface area contributed by atoms with Crippen molar-refractivity contribution in [2.75, 3.05) is 45.3 Å². The number of carbonyl (C=O) groups is 1. The van der Waals surface area contributed by atoms with E-state index in [1.165, 1.54) is 13.2 Å². The van der Waals surface area contributed by atoms with Crippen LogP contribution in [0.2, 0.25) is 0 Å². The Kier molecular flexibility index (Phi) is 5.67. The van der Waals surface area contributed by atoms with Crippen molar-refractivity contribution in [2.24, 2.45) is 0 Å². The molecular weight excluding hydrogens is 362 g/mol. The summed E-state index contributed by atoms with van der Waals surface area (Å²) in [6.45, 7) is 4.33. The molecule has 1 saturated heterocycles. The van der Waals surface area contributed by atoms with E-state index < -0.39 is 4.92 Å². The molecule has 0 N–H and O–H groups in total. The summed E-state index contributed by atoms with van der Waals surface area (Å²) in [5, 5.41) is 11.0. The lowest BCUT2D eigenvalue weighted by Gasteiger charge is -2.36. The van der Waals surface area contributed by atoms with Crippen molar-refractivity contribution in [3.63, 3.8) is 0 Å². The van der Waals surface area contributed by atoms with Crippen LogP contribution in [-0.2, 0) is 0 Å². The lowest BCUT2D eigenvalue weighted by Crippen LogP contribution is -2.48. The molecule has 28 heavy (non-hydrogen) atoms. The van der Waals surface area contributed by atoms with Crippen LogP contribution in [0.25, 0.3) is 0 Å². The molecular formula is C20H23N3O5. The highest BCUT2D eigenvalue weighted by atomic mass is 16.6. The van der Waals surface area contributed by atoms with Gasteiger partial charge in [-0.3, -0.25) is 14.9 Å². The summed E-state index contributed by atoms with van der Waals surface area (Å²) in [7, 11) is 3.01. The molecule has 1 heterocycles. The highest BCUT2D eigenvalue weighted by Gasteiger charge is 2.24. The van der Waals surface area contributed by atoms with Crippen molar-refractivity contribution in [3.8, 4) is 11.5 Å². The standard InChI is InChI=1S/C20H23N3O5/c1-14-4-5-15(12-18(14)27-2)20(24)22-10-8-21(9-11-22)16-6-7-17(23(25)26)19(13-16)28-3/h4-7,12-13H,8-11H2,1-3H3. The smallest absolute Gasteiger partial charge is 0.311 e. The molecule has 2 aromatic rings. The van der Waals surface area contributed by atoms with Crippen LogP contribution in [0, 0.1) is 17.0 Å². The summed E-state index contributed by atoms with van der Waals surface area (Å²) < 4.78 is 10.4. The van der Waals surface area contributed by atoms with E-state index in [0.717, 1.165) is 11.3 Å². The van der Waals surface area contributed by atoms with Gasteiger partial charge >= 0.3 is 5.69 Å². The van der Waals surface area contributed by atoms with E-state index in [4.69, 9.17) is 9.47 Å². The van der Waals surface area contributed by atoms with E-state index in [-0.39, 0.29) is 17.3 Å². The van der Waals surface area contributed by atoms with Crippen molar-refractivity contribution in [1.29, 1.82) is 0 Å². The minimum absolute atomic E-state index is 0.0285. The molecule has 148 valence electrons. The molecule has 8 heteroatoms. The van der Waals surface area contributed by atoms with Gasteiger partial charge in [-0.25, -0.2) is 0 Å². The number of nitrogens with zero attached hydrogens (tertiary/aromatic N) is 3. The molecule has 3 rings (SSSR count). The average molecular weight is 385 g/mol. The number of benzene rings is 2. The van der Waals surface area contributed by atoms with Crippen LogP contribution >= 0.6 is 0 Å². The number of nitro groups is 1. The summed E-state index contributed by atoms with van der Waals surface area (Å²) in [5.41, 5.74) is 2.36. The monoisotopic (exact) mass is 385 g/mol. The first-order valence-corrected chi connectivity index (χ1v) is 8.96. The number of rotatable bonds is 5. The topological polar surface area (TPSA) is 85.2 Å². The Labute approximate surface area is 163 Å². The average Bonchev–Trinajstić information content (AvgIpc) is 2.73. The molecule has 2 aromatic carbocycles. The van der Waals surface area contributed by atoms with E-state index in [1.54, 1.807) is 25.3 Å². The third kappa shape index (κ3) is 3.85. The second-order valence-electron chi connectivity index (χ2n) is 6.58. The number of anilines is 1. The number of amides is 1. The zero-order valence-electron chi connectivity index (χ0n) is 16.2. The van der Waals surface area contributed by atoms with Gasteiger partial charge in [-0.1, -0.05) is 6.07 Å². The zero-order chi connectivity index (χ0) is 20.3. The lowest BCUT2D eigenvalue weighted by atomic mass is 10.1. The molecule has 0 spiro atoms. The van der Waals surface area contributed by atoms with Gasteiger partial charge in [0.2, 0.25) is 0 Å². The number of methoxy groups -OCH3 is 2. The first-order chi connectivity index (χ1) is 13.4. The summed E-state index contributed by atoms with van der Waals surface area (Å²) in [6, 6.07) is 10.3. The highest BCUT2D eigenvalue weighted by Crippen LogP contribution is 2.32. The Morgan fingerprint density at radius 2 is 1.68 bits per heavy atom. The Morgan fingerprint density at radius 3 is 2.29 bits per heavy atom. The van der Waals surface area contributed by atoms with Crippen LogP contribution in [0.5, 0.6) is 11.5 Å². The maximum absolute atomic E-state index is 12.8. The van der Waals surface area contributed by atoms with Gasteiger partial charge in [-0.2, -0.15) is 0 Å². The molecule has 1 amide bonds. The second-order valence-corrected chi connectivity index (χ2v) is 6.58. The molecule has 0 atom stereocenters. The first kappa shape index (κ1) is 19.5. The number of piperazine rings is 1. The van der Waals surface area contributed by atoms with Crippen molar-refractivity contribution in [2.45, 2.75) is 6.92 Å². The van der Waals surface area contributed by atoms with Gasteiger partial charge in [-0.05, 0) is 30.7 Å². The number of ether oxygens (including phenoxy) is 2. The van der Waals surface area contributed by atoms with E-state index in [1.807, 2.05) is 24.0 Å². The third-order valence-electron chi connectivity index (χ3n) is 4.95. The van der Waals surface area contributed by atoms with Gasteiger partial charge in [0.25, 0.3) is 5.91 Å². The van der Waals surface area contributed by atoms with Gasteiger partial charge in [0.05, 0.1) is 19.1 Å². The normalized spacial score (nSPS) is 14.0. The Hall–Kier alpha value is -3.29. The molecule has 0 radical (unpaired) electrons. The fourth-order valence-electron chi connectivity index (χ4n) is 3.32. The summed E-state index contributed by atoms with van der Waals surface area (Å²) >= 11 is 0. The van der Waals surface area contributed by atoms with Crippen LogP contribution in [-0.4, -0.2) is 56.1 Å². The quantitative estimate of drug-likeness (QED) is 0.581. The molecule has 8 nitrogen and oxygen atoms in total. The molecule has 0 bridgehead atoms. The third-order valence-corrected chi connectivity index (χ3v) is 4.95. The summed E-state index contributed by atoms with van der Waals surface area (Å²) in [5.74, 6) is 0.898. The van der Waals surface area contributed by atoms with Gasteiger partial charge in [0.15, 0.2) is 5.75 Å². The van der Waals surface area contributed by atoms with Crippen LogP contribution in [0.15, 0.2) is 36.4 Å². The van der Waals surface area contributed by atoms with Gasteiger partial charge in [0.1, 0.15) is 5.75 Å². The first-order valence-electron chi connectivity index (χ1n) is 8.96. The maximum Gasteiger partial charge on any atom is 0.311 e. The minimum Gasteiger partial charge on any atom is -0.496 e. The molecule has 1 aliphatic rings. The number of aryl methyl sites for hydroxylation is 1. The summed E-state index contributed by atoms with van der Waals surface area (Å²) in [6.07, 6.45) is 0. The molecule has 1 fully saturated rings. The Balaban J connectivity index is 1.69. The van der Waals surface area contributed by atoms with E-state index in [2.05, 4.69) is 4.90 Å². The van der Waals surface area contributed by atoms with Gasteiger partial charge in [-0.15, -0.1) is 0 Å². The van der Waals surface area contributed by atoms with Crippen molar-refractivity contribution in [1.82, 2.24) is 4.90 Å². The minimum atomic E-state index is -0.463. The van der Waals surface area contributed by atoms with Crippen LogP contribution in [0.3, 0.4) is 0 Å². The van der Waals surface area contributed by atoms with Gasteiger partial charge in [0, 0.05) is 49.6 Å².